The molecule has 4 heteroatoms. The van der Waals surface area contributed by atoms with Crippen LogP contribution in [0.4, 0.5) is 0 Å². The van der Waals surface area contributed by atoms with Crippen molar-refractivity contribution < 1.29 is 14.2 Å². The van der Waals surface area contributed by atoms with Crippen LogP contribution in [0.1, 0.15) is 54.1 Å². The predicted molar refractivity (Wildman–Crippen MR) is 97.6 cm³/mol. The van der Waals surface area contributed by atoms with Crippen LogP contribution < -0.4 is 0 Å². The summed E-state index contributed by atoms with van der Waals surface area (Å²) in [4.78, 5) is 25.2. The molecule has 2 aromatic carbocycles. The number of aryl methyl sites for hydroxylation is 2. The average molecular weight is 341 g/mol. The highest BCUT2D eigenvalue weighted by Gasteiger charge is 2.27. The van der Waals surface area contributed by atoms with Gasteiger partial charge in [0, 0.05) is 11.1 Å². The number of benzene rings is 2. The molecule has 0 aliphatic carbocycles. The smallest absolute Gasteiger partial charge is 0.249 e. The summed E-state index contributed by atoms with van der Waals surface area (Å²) in [6.45, 7) is 11.4. The molecule has 0 fully saturated rings. The number of hydrogen-bond donors (Lipinski definition) is 0. The van der Waals surface area contributed by atoms with Crippen molar-refractivity contribution in [2.24, 2.45) is 0 Å². The second-order valence-electron chi connectivity index (χ2n) is 6.26. The second kappa shape index (κ2) is 6.78. The standard InChI is InChI=1S/C20H22O3P/c1-11-7-9-17(15(5)13(11)3)19(21)24(23)20(22)18-10-8-12(2)14(4)16(18)6/h7-10H,1-6H3. The van der Waals surface area contributed by atoms with E-state index in [0.717, 1.165) is 33.4 Å². The van der Waals surface area contributed by atoms with E-state index in [0.29, 0.717) is 11.1 Å². The Morgan fingerprint density at radius 1 is 0.625 bits per heavy atom. The van der Waals surface area contributed by atoms with E-state index in [4.69, 9.17) is 0 Å². The molecule has 0 N–H and O–H groups in total. The van der Waals surface area contributed by atoms with Crippen LogP contribution in [-0.4, -0.2) is 11.0 Å². The van der Waals surface area contributed by atoms with Gasteiger partial charge < -0.3 is 0 Å². The highest BCUT2D eigenvalue weighted by atomic mass is 31.1. The molecule has 0 unspecified atom stereocenters. The van der Waals surface area contributed by atoms with E-state index < -0.39 is 18.8 Å². The van der Waals surface area contributed by atoms with E-state index in [2.05, 4.69) is 0 Å². The molecule has 24 heavy (non-hydrogen) atoms. The van der Waals surface area contributed by atoms with Gasteiger partial charge in [-0.15, -0.1) is 0 Å². The van der Waals surface area contributed by atoms with Crippen molar-refractivity contribution in [2.75, 3.05) is 0 Å². The summed E-state index contributed by atoms with van der Waals surface area (Å²) < 4.78 is 12.6. The minimum absolute atomic E-state index is 0.369. The normalized spacial score (nSPS) is 10.6. The van der Waals surface area contributed by atoms with Gasteiger partial charge in [-0.2, -0.15) is 0 Å². The molecule has 0 spiro atoms. The van der Waals surface area contributed by atoms with Crippen molar-refractivity contribution in [2.45, 2.75) is 41.5 Å². The molecule has 0 aliphatic heterocycles. The van der Waals surface area contributed by atoms with Gasteiger partial charge >= 0.3 is 0 Å². The predicted octanol–water partition coefficient (Wildman–Crippen LogP) is 5.35. The van der Waals surface area contributed by atoms with E-state index in [1.807, 2.05) is 53.7 Å². The highest BCUT2D eigenvalue weighted by molar-refractivity contribution is 7.80. The SMILES string of the molecule is Cc1ccc(C(=O)[P](=O)C(=O)c2ccc(C)c(C)c2C)c(C)c1C. The van der Waals surface area contributed by atoms with E-state index >= 15 is 0 Å². The third-order valence-corrected chi connectivity index (χ3v) is 6.17. The Kier molecular flexibility index (Phi) is 5.15. The lowest BCUT2D eigenvalue weighted by Gasteiger charge is -2.11. The number of rotatable bonds is 4. The van der Waals surface area contributed by atoms with Gasteiger partial charge in [-0.05, 0) is 74.9 Å². The van der Waals surface area contributed by atoms with Crippen molar-refractivity contribution >= 4 is 18.8 Å². The Balaban J connectivity index is 2.42. The van der Waals surface area contributed by atoms with Gasteiger partial charge in [-0.3, -0.25) is 14.2 Å². The van der Waals surface area contributed by atoms with E-state index in [1.54, 1.807) is 12.1 Å². The second-order valence-corrected chi connectivity index (χ2v) is 7.67. The van der Waals surface area contributed by atoms with Gasteiger partial charge in [0.25, 0.3) is 0 Å². The number of carbonyl (C=O) groups is 2. The summed E-state index contributed by atoms with van der Waals surface area (Å²) in [5.41, 5.74) is 5.23. The van der Waals surface area contributed by atoms with Crippen LogP contribution in [0.25, 0.3) is 0 Å². The van der Waals surface area contributed by atoms with Gasteiger partial charge in [-0.25, -0.2) is 0 Å². The lowest BCUT2D eigenvalue weighted by Crippen LogP contribution is -2.07. The largest absolute Gasteiger partial charge is 0.281 e. The first-order valence-electron chi connectivity index (χ1n) is 7.86. The van der Waals surface area contributed by atoms with Crippen LogP contribution in [-0.2, 0) is 4.57 Å². The minimum atomic E-state index is -2.66. The van der Waals surface area contributed by atoms with Crippen molar-refractivity contribution in [3.05, 3.63) is 68.8 Å². The van der Waals surface area contributed by atoms with Crippen molar-refractivity contribution in [1.82, 2.24) is 0 Å². The van der Waals surface area contributed by atoms with Crippen LogP contribution in [0, 0.1) is 41.5 Å². The third kappa shape index (κ3) is 3.09. The van der Waals surface area contributed by atoms with Gasteiger partial charge in [-0.1, -0.05) is 24.3 Å². The summed E-state index contributed by atoms with van der Waals surface area (Å²) in [6.07, 6.45) is 0. The topological polar surface area (TPSA) is 51.2 Å². The third-order valence-electron chi connectivity index (χ3n) is 4.95. The van der Waals surface area contributed by atoms with E-state index in [1.165, 1.54) is 0 Å². The van der Waals surface area contributed by atoms with Crippen LogP contribution in [0.15, 0.2) is 24.3 Å². The summed E-state index contributed by atoms with van der Waals surface area (Å²) in [7, 11) is -2.66. The zero-order chi connectivity index (χ0) is 18.2. The molecule has 0 bridgehead atoms. The molecule has 3 nitrogen and oxygen atoms in total. The first-order chi connectivity index (χ1) is 11.2. The van der Waals surface area contributed by atoms with E-state index in [-0.39, 0.29) is 0 Å². The molecule has 125 valence electrons. The van der Waals surface area contributed by atoms with Crippen molar-refractivity contribution in [3.8, 4) is 0 Å². The van der Waals surface area contributed by atoms with Gasteiger partial charge in [0.2, 0.25) is 18.8 Å². The Labute approximate surface area is 143 Å². The molecule has 0 aliphatic rings. The summed E-state index contributed by atoms with van der Waals surface area (Å²) in [6, 6.07) is 6.97. The quantitative estimate of drug-likeness (QED) is 0.705. The Hall–Kier alpha value is -2.12. The van der Waals surface area contributed by atoms with Crippen LogP contribution in [0.2, 0.25) is 0 Å². The number of hydrogen-bond acceptors (Lipinski definition) is 3. The van der Waals surface area contributed by atoms with Crippen LogP contribution in [0.3, 0.4) is 0 Å². The molecule has 0 saturated carbocycles. The van der Waals surface area contributed by atoms with Crippen molar-refractivity contribution in [3.63, 3.8) is 0 Å². The first-order valence-corrected chi connectivity index (χ1v) is 9.12. The molecule has 0 saturated heterocycles. The highest BCUT2D eigenvalue weighted by Crippen LogP contribution is 2.35. The molecule has 0 atom stereocenters. The molecular formula is C20H22O3P. The van der Waals surface area contributed by atoms with Crippen LogP contribution >= 0.6 is 7.80 Å². The maximum absolute atomic E-state index is 12.6. The summed E-state index contributed by atoms with van der Waals surface area (Å²) in [5.74, 6) is 0. The minimum Gasteiger partial charge on any atom is -0.281 e. The zero-order valence-electron chi connectivity index (χ0n) is 15.0. The molecule has 1 radical (unpaired) electrons. The molecule has 0 aromatic heterocycles. The van der Waals surface area contributed by atoms with Gasteiger partial charge in [0.15, 0.2) is 0 Å². The lowest BCUT2D eigenvalue weighted by atomic mass is 9.99. The van der Waals surface area contributed by atoms with Crippen LogP contribution in [0.5, 0.6) is 0 Å². The monoisotopic (exact) mass is 341 g/mol. The molecule has 2 aromatic rings. The molecular weight excluding hydrogens is 319 g/mol. The zero-order valence-corrected chi connectivity index (χ0v) is 15.9. The Morgan fingerprint density at radius 2 is 0.958 bits per heavy atom. The fourth-order valence-corrected chi connectivity index (χ4v) is 3.79. The maximum Gasteiger partial charge on any atom is 0.249 e. The molecule has 0 heterocycles. The van der Waals surface area contributed by atoms with E-state index in [9.17, 15) is 14.2 Å². The Bertz CT molecular complexity index is 807. The molecule has 0 amide bonds. The maximum atomic E-state index is 12.6. The molecule has 2 rings (SSSR count). The summed E-state index contributed by atoms with van der Waals surface area (Å²) >= 11 is 0. The average Bonchev–Trinajstić information content (AvgIpc) is 2.56. The number of carbonyl (C=O) groups excluding carboxylic acids is 2. The fraction of sp³-hybridized carbons (Fsp3) is 0.300. The fourth-order valence-electron chi connectivity index (χ4n) is 2.69. The van der Waals surface area contributed by atoms with Gasteiger partial charge in [0.1, 0.15) is 0 Å². The summed E-state index contributed by atoms with van der Waals surface area (Å²) in [5, 5.41) is 0. The lowest BCUT2D eigenvalue weighted by molar-refractivity contribution is 0.104. The first kappa shape index (κ1) is 18.2. The van der Waals surface area contributed by atoms with Crippen molar-refractivity contribution in [1.29, 1.82) is 0 Å². The van der Waals surface area contributed by atoms with Gasteiger partial charge in [0.05, 0.1) is 0 Å². The Morgan fingerprint density at radius 3 is 1.29 bits per heavy atom.